The van der Waals surface area contributed by atoms with Crippen LogP contribution in [0.1, 0.15) is 41.8 Å². The zero-order valence-corrected chi connectivity index (χ0v) is 12.6. The molecular weight excluding hydrogens is 242 g/mol. The van der Waals surface area contributed by atoms with Crippen LogP contribution in [-0.4, -0.2) is 29.0 Å². The third-order valence-electron chi connectivity index (χ3n) is 4.21. The number of aryl methyl sites for hydroxylation is 2. The number of nitrogens with zero attached hydrogens (tertiary/aromatic N) is 2. The Morgan fingerprint density at radius 2 is 2.22 bits per heavy atom. The number of aromatic nitrogens is 1. The molecule has 0 saturated carbocycles. The van der Waals surface area contributed by atoms with Crippen molar-refractivity contribution in [2.45, 2.75) is 52.6 Å². The maximum Gasteiger partial charge on any atom is 0.107 e. The van der Waals surface area contributed by atoms with Crippen molar-refractivity contribution in [1.82, 2.24) is 9.88 Å². The second kappa shape index (κ2) is 6.13. The van der Waals surface area contributed by atoms with Crippen molar-refractivity contribution in [1.29, 1.82) is 0 Å². The molecule has 0 bridgehead atoms. The van der Waals surface area contributed by atoms with Crippen LogP contribution in [0.25, 0.3) is 0 Å². The molecule has 1 aliphatic heterocycles. The van der Waals surface area contributed by atoms with Crippen LogP contribution in [0.15, 0.2) is 0 Å². The average molecular weight is 267 g/mol. The molecule has 4 heteroatoms. The Balaban J connectivity index is 1.99. The van der Waals surface area contributed by atoms with Gasteiger partial charge in [0.25, 0.3) is 0 Å². The molecule has 18 heavy (non-hydrogen) atoms. The van der Waals surface area contributed by atoms with Crippen molar-refractivity contribution in [2.24, 2.45) is 11.7 Å². The van der Waals surface area contributed by atoms with E-state index in [0.29, 0.717) is 6.04 Å². The van der Waals surface area contributed by atoms with Crippen LogP contribution < -0.4 is 5.73 Å². The fourth-order valence-electron chi connectivity index (χ4n) is 2.79. The molecule has 1 aliphatic rings. The molecule has 1 aromatic heterocycles. The minimum atomic E-state index is 0.549. The molecule has 0 amide bonds. The van der Waals surface area contributed by atoms with Crippen LogP contribution >= 0.6 is 11.3 Å². The van der Waals surface area contributed by atoms with Crippen LogP contribution in [0.2, 0.25) is 0 Å². The van der Waals surface area contributed by atoms with E-state index in [1.165, 1.54) is 41.4 Å². The zero-order chi connectivity index (χ0) is 13.1. The monoisotopic (exact) mass is 267 g/mol. The lowest BCUT2D eigenvalue weighted by molar-refractivity contribution is 0.107. The van der Waals surface area contributed by atoms with Gasteiger partial charge in [0.2, 0.25) is 0 Å². The molecule has 1 saturated heterocycles. The fourth-order valence-corrected chi connectivity index (χ4v) is 3.75. The van der Waals surface area contributed by atoms with Crippen LogP contribution in [-0.2, 0) is 6.54 Å². The summed E-state index contributed by atoms with van der Waals surface area (Å²) in [7, 11) is 0. The number of hydrogen-bond donors (Lipinski definition) is 1. The molecular formula is C14H25N3S. The minimum Gasteiger partial charge on any atom is -0.329 e. The second-order valence-electron chi connectivity index (χ2n) is 5.41. The minimum absolute atomic E-state index is 0.549. The highest BCUT2D eigenvalue weighted by Gasteiger charge is 2.27. The van der Waals surface area contributed by atoms with Crippen molar-refractivity contribution in [3.05, 3.63) is 15.6 Å². The van der Waals surface area contributed by atoms with E-state index in [2.05, 4.69) is 30.7 Å². The van der Waals surface area contributed by atoms with Crippen molar-refractivity contribution >= 4 is 11.3 Å². The Kier molecular flexibility index (Phi) is 4.76. The number of piperidine rings is 1. The summed E-state index contributed by atoms with van der Waals surface area (Å²) < 4.78 is 0. The molecule has 1 fully saturated rings. The lowest BCUT2D eigenvalue weighted by Crippen LogP contribution is -2.45. The topological polar surface area (TPSA) is 42.2 Å². The second-order valence-corrected chi connectivity index (χ2v) is 6.70. The maximum absolute atomic E-state index is 5.94. The van der Waals surface area contributed by atoms with Gasteiger partial charge < -0.3 is 5.73 Å². The molecule has 0 aliphatic carbocycles. The van der Waals surface area contributed by atoms with Gasteiger partial charge in [0.1, 0.15) is 5.01 Å². The largest absolute Gasteiger partial charge is 0.329 e. The van der Waals surface area contributed by atoms with E-state index in [0.717, 1.165) is 19.0 Å². The number of thiazole rings is 1. The van der Waals surface area contributed by atoms with Crippen LogP contribution in [0.3, 0.4) is 0 Å². The van der Waals surface area contributed by atoms with E-state index in [-0.39, 0.29) is 0 Å². The van der Waals surface area contributed by atoms with Gasteiger partial charge in [0.15, 0.2) is 0 Å². The highest BCUT2D eigenvalue weighted by atomic mass is 32.1. The summed E-state index contributed by atoms with van der Waals surface area (Å²) in [6.45, 7) is 9.48. The molecule has 0 radical (unpaired) electrons. The van der Waals surface area contributed by atoms with Gasteiger partial charge >= 0.3 is 0 Å². The first kappa shape index (κ1) is 14.0. The van der Waals surface area contributed by atoms with E-state index in [1.807, 2.05) is 11.3 Å². The third-order valence-corrected chi connectivity index (χ3v) is 5.26. The van der Waals surface area contributed by atoms with Gasteiger partial charge in [0, 0.05) is 17.5 Å². The highest BCUT2D eigenvalue weighted by molar-refractivity contribution is 7.11. The molecule has 2 atom stereocenters. The van der Waals surface area contributed by atoms with E-state index >= 15 is 0 Å². The van der Waals surface area contributed by atoms with Crippen molar-refractivity contribution < 1.29 is 0 Å². The number of hydrogen-bond acceptors (Lipinski definition) is 4. The first-order valence-corrected chi connectivity index (χ1v) is 7.82. The first-order chi connectivity index (χ1) is 8.63. The lowest BCUT2D eigenvalue weighted by atomic mass is 9.89. The van der Waals surface area contributed by atoms with Crippen molar-refractivity contribution in [3.63, 3.8) is 0 Å². The van der Waals surface area contributed by atoms with Crippen molar-refractivity contribution in [3.8, 4) is 0 Å². The Morgan fingerprint density at radius 1 is 1.44 bits per heavy atom. The van der Waals surface area contributed by atoms with Gasteiger partial charge in [-0.05, 0) is 39.2 Å². The average Bonchev–Trinajstić information content (AvgIpc) is 2.69. The van der Waals surface area contributed by atoms with Gasteiger partial charge in [-0.2, -0.15) is 0 Å². The van der Waals surface area contributed by atoms with Gasteiger partial charge in [-0.15, -0.1) is 11.3 Å². The van der Waals surface area contributed by atoms with Gasteiger partial charge in [0.05, 0.1) is 12.2 Å². The van der Waals surface area contributed by atoms with E-state index < -0.39 is 0 Å². The van der Waals surface area contributed by atoms with Crippen LogP contribution in [0.4, 0.5) is 0 Å². The Bertz CT molecular complexity index is 369. The molecule has 2 heterocycles. The van der Waals surface area contributed by atoms with Gasteiger partial charge in [-0.25, -0.2) is 4.98 Å². The van der Waals surface area contributed by atoms with Crippen LogP contribution in [0, 0.1) is 19.8 Å². The summed E-state index contributed by atoms with van der Waals surface area (Å²) >= 11 is 1.83. The molecule has 3 nitrogen and oxygen atoms in total. The maximum atomic E-state index is 5.94. The SMILES string of the molecule is CCC1CCN(Cc2nc(C)c(C)s2)C(CN)C1. The van der Waals surface area contributed by atoms with Gasteiger partial charge in [-0.3, -0.25) is 4.90 Å². The van der Waals surface area contributed by atoms with E-state index in [1.54, 1.807) is 0 Å². The quantitative estimate of drug-likeness (QED) is 0.912. The number of rotatable bonds is 4. The fraction of sp³-hybridized carbons (Fsp3) is 0.786. The zero-order valence-electron chi connectivity index (χ0n) is 11.8. The van der Waals surface area contributed by atoms with Crippen molar-refractivity contribution in [2.75, 3.05) is 13.1 Å². The molecule has 2 rings (SSSR count). The summed E-state index contributed by atoms with van der Waals surface area (Å²) in [4.78, 5) is 8.53. The summed E-state index contributed by atoms with van der Waals surface area (Å²) in [5.74, 6) is 0.870. The Morgan fingerprint density at radius 3 is 2.78 bits per heavy atom. The number of likely N-dealkylation sites (tertiary alicyclic amines) is 1. The predicted molar refractivity (Wildman–Crippen MR) is 77.9 cm³/mol. The Hall–Kier alpha value is -0.450. The summed E-state index contributed by atoms with van der Waals surface area (Å²) in [5.41, 5.74) is 7.12. The molecule has 0 spiro atoms. The molecule has 0 aromatic carbocycles. The standard InChI is InChI=1S/C14H25N3S/c1-4-12-5-6-17(13(7-12)8-15)9-14-16-10(2)11(3)18-14/h12-13H,4-9,15H2,1-3H3. The van der Waals surface area contributed by atoms with E-state index in [4.69, 9.17) is 5.73 Å². The molecule has 1 aromatic rings. The molecule has 2 N–H and O–H groups in total. The normalized spacial score (nSPS) is 25.6. The van der Waals surface area contributed by atoms with Crippen LogP contribution in [0.5, 0.6) is 0 Å². The first-order valence-electron chi connectivity index (χ1n) is 7.01. The summed E-state index contributed by atoms with van der Waals surface area (Å²) in [6, 6.07) is 0.549. The predicted octanol–water partition coefficient (Wildman–Crippen LogP) is 2.71. The molecule has 102 valence electrons. The number of nitrogens with two attached hydrogens (primary N) is 1. The summed E-state index contributed by atoms with van der Waals surface area (Å²) in [6.07, 6.45) is 3.87. The third kappa shape index (κ3) is 3.11. The summed E-state index contributed by atoms with van der Waals surface area (Å²) in [5, 5.41) is 1.25. The Labute approximate surface area is 114 Å². The van der Waals surface area contributed by atoms with E-state index in [9.17, 15) is 0 Å². The lowest BCUT2D eigenvalue weighted by Gasteiger charge is -2.38. The molecule has 2 unspecified atom stereocenters. The smallest absolute Gasteiger partial charge is 0.107 e. The van der Waals surface area contributed by atoms with Gasteiger partial charge in [-0.1, -0.05) is 13.3 Å². The highest BCUT2D eigenvalue weighted by Crippen LogP contribution is 2.27.